The van der Waals surface area contributed by atoms with Crippen molar-refractivity contribution < 1.29 is 14.3 Å². The molecule has 0 saturated heterocycles. The molecule has 4 aromatic rings. The third kappa shape index (κ3) is 3.47. The van der Waals surface area contributed by atoms with Gasteiger partial charge in [-0.25, -0.2) is 9.78 Å². The van der Waals surface area contributed by atoms with Gasteiger partial charge in [0.1, 0.15) is 16.3 Å². The summed E-state index contributed by atoms with van der Waals surface area (Å²) in [6.07, 6.45) is 0. The van der Waals surface area contributed by atoms with Crippen LogP contribution in [0.15, 0.2) is 58.7 Å². The van der Waals surface area contributed by atoms with Crippen molar-refractivity contribution >= 4 is 28.2 Å². The lowest BCUT2D eigenvalue weighted by atomic mass is 10.2. The molecule has 2 aromatic heterocycles. The Balaban J connectivity index is 1.48. The predicted molar refractivity (Wildman–Crippen MR) is 103 cm³/mol. The Hall–Kier alpha value is -3.59. The summed E-state index contributed by atoms with van der Waals surface area (Å²) in [4.78, 5) is 28.9. The van der Waals surface area contributed by atoms with Crippen molar-refractivity contribution in [1.82, 2.24) is 20.0 Å². The Kier molecular flexibility index (Phi) is 4.81. The number of hydrogen-bond acceptors (Lipinski definition) is 8. The Labute approximate surface area is 163 Å². The number of aromatic nitrogens is 4. The maximum Gasteiger partial charge on any atom is 0.359 e. The standard InChI is InChI=1S/C19H14N4O4S/c1-26-13-8-6-12(7-9-13)17-20-16(10-28-17)19(25)27-11-23-18(24)14-4-2-3-5-15(14)21-22-23/h2-10H,11H2,1H3. The fraction of sp³-hybridized carbons (Fsp3) is 0.105. The van der Waals surface area contributed by atoms with E-state index in [-0.39, 0.29) is 18.0 Å². The van der Waals surface area contributed by atoms with Crippen LogP contribution >= 0.6 is 11.3 Å². The van der Waals surface area contributed by atoms with Gasteiger partial charge in [-0.1, -0.05) is 17.3 Å². The maximum absolute atomic E-state index is 12.4. The van der Waals surface area contributed by atoms with Crippen LogP contribution < -0.4 is 10.3 Å². The van der Waals surface area contributed by atoms with Gasteiger partial charge in [0.05, 0.1) is 12.5 Å². The summed E-state index contributed by atoms with van der Waals surface area (Å²) >= 11 is 1.32. The fourth-order valence-corrected chi connectivity index (χ4v) is 3.33. The molecule has 0 unspecified atom stereocenters. The van der Waals surface area contributed by atoms with Crippen LogP contribution in [0.2, 0.25) is 0 Å². The van der Waals surface area contributed by atoms with Gasteiger partial charge < -0.3 is 9.47 Å². The average molecular weight is 394 g/mol. The number of rotatable bonds is 5. The highest BCUT2D eigenvalue weighted by Gasteiger charge is 2.15. The van der Waals surface area contributed by atoms with E-state index in [9.17, 15) is 9.59 Å². The molecule has 0 N–H and O–H groups in total. The van der Waals surface area contributed by atoms with E-state index in [4.69, 9.17) is 9.47 Å². The third-order valence-corrected chi connectivity index (χ3v) is 4.89. The molecule has 2 aromatic carbocycles. The highest BCUT2D eigenvalue weighted by molar-refractivity contribution is 7.13. The summed E-state index contributed by atoms with van der Waals surface area (Å²) in [5.41, 5.74) is 1.13. The highest BCUT2D eigenvalue weighted by Crippen LogP contribution is 2.25. The molecule has 0 aliphatic heterocycles. The minimum Gasteiger partial charge on any atom is -0.497 e. The molecule has 0 bridgehead atoms. The quantitative estimate of drug-likeness (QED) is 0.480. The van der Waals surface area contributed by atoms with Gasteiger partial charge in [-0.15, -0.1) is 16.4 Å². The summed E-state index contributed by atoms with van der Waals surface area (Å²) in [7, 11) is 1.59. The van der Waals surface area contributed by atoms with E-state index in [0.717, 1.165) is 16.0 Å². The molecule has 140 valence electrons. The van der Waals surface area contributed by atoms with Crippen LogP contribution in [0.1, 0.15) is 10.5 Å². The second-order valence-corrected chi connectivity index (χ2v) is 6.60. The fourth-order valence-electron chi connectivity index (χ4n) is 2.54. The first-order valence-electron chi connectivity index (χ1n) is 8.25. The molecule has 0 radical (unpaired) electrons. The molecule has 4 rings (SSSR count). The number of methoxy groups -OCH3 is 1. The minimum absolute atomic E-state index is 0.164. The Morgan fingerprint density at radius 1 is 1.14 bits per heavy atom. The molecular weight excluding hydrogens is 380 g/mol. The molecule has 28 heavy (non-hydrogen) atoms. The Morgan fingerprint density at radius 2 is 1.93 bits per heavy atom. The molecule has 2 heterocycles. The highest BCUT2D eigenvalue weighted by atomic mass is 32.1. The first-order valence-corrected chi connectivity index (χ1v) is 9.13. The summed E-state index contributed by atoms with van der Waals surface area (Å²) < 4.78 is 11.3. The SMILES string of the molecule is COc1ccc(-c2nc(C(=O)OCn3nnc4ccccc4c3=O)cs2)cc1. The molecule has 0 aliphatic rings. The number of ether oxygens (including phenoxy) is 2. The van der Waals surface area contributed by atoms with E-state index in [1.165, 1.54) is 11.3 Å². The topological polar surface area (TPSA) is 96.2 Å². The van der Waals surface area contributed by atoms with Crippen molar-refractivity contribution in [2.45, 2.75) is 6.73 Å². The van der Waals surface area contributed by atoms with E-state index < -0.39 is 5.97 Å². The van der Waals surface area contributed by atoms with Crippen LogP contribution in [0.25, 0.3) is 21.5 Å². The zero-order valence-electron chi connectivity index (χ0n) is 14.7. The largest absolute Gasteiger partial charge is 0.497 e. The van der Waals surface area contributed by atoms with Gasteiger partial charge in [0.2, 0.25) is 0 Å². The van der Waals surface area contributed by atoms with Crippen molar-refractivity contribution in [3.05, 3.63) is 70.0 Å². The zero-order valence-corrected chi connectivity index (χ0v) is 15.5. The number of nitrogens with zero attached hydrogens (tertiary/aromatic N) is 4. The van der Waals surface area contributed by atoms with Crippen molar-refractivity contribution in [3.63, 3.8) is 0 Å². The van der Waals surface area contributed by atoms with E-state index >= 15 is 0 Å². The molecule has 0 amide bonds. The van der Waals surface area contributed by atoms with Crippen LogP contribution in [-0.2, 0) is 11.5 Å². The molecular formula is C19H14N4O4S. The van der Waals surface area contributed by atoms with Crippen LogP contribution in [0, 0.1) is 0 Å². The van der Waals surface area contributed by atoms with Crippen molar-refractivity contribution in [3.8, 4) is 16.3 Å². The molecule has 0 atom stereocenters. The van der Waals surface area contributed by atoms with Gasteiger partial charge in [0.25, 0.3) is 5.56 Å². The predicted octanol–water partition coefficient (Wildman–Crippen LogP) is 2.74. The summed E-state index contributed by atoms with van der Waals surface area (Å²) in [5.74, 6) is 0.0970. The van der Waals surface area contributed by atoms with Crippen molar-refractivity contribution in [2.75, 3.05) is 7.11 Å². The molecule has 9 heteroatoms. The number of carbonyl (C=O) groups is 1. The lowest BCUT2D eigenvalue weighted by molar-refractivity contribution is 0.0330. The number of hydrogen-bond donors (Lipinski definition) is 0. The smallest absolute Gasteiger partial charge is 0.359 e. The monoisotopic (exact) mass is 394 g/mol. The lowest BCUT2D eigenvalue weighted by Crippen LogP contribution is -2.26. The Morgan fingerprint density at radius 3 is 2.71 bits per heavy atom. The van der Waals surface area contributed by atoms with Crippen LogP contribution in [0.5, 0.6) is 5.75 Å². The summed E-state index contributed by atoms with van der Waals surface area (Å²) in [6.45, 7) is -0.342. The molecule has 8 nitrogen and oxygen atoms in total. The molecule has 0 aliphatic carbocycles. The van der Waals surface area contributed by atoms with Crippen LogP contribution in [0.4, 0.5) is 0 Å². The zero-order chi connectivity index (χ0) is 19.5. The van der Waals surface area contributed by atoms with Gasteiger partial charge in [0.15, 0.2) is 12.4 Å². The number of thiazole rings is 1. The molecule has 0 spiro atoms. The van der Waals surface area contributed by atoms with Crippen LogP contribution in [-0.4, -0.2) is 33.1 Å². The summed E-state index contributed by atoms with van der Waals surface area (Å²) in [5, 5.41) is 10.4. The van der Waals surface area contributed by atoms with E-state index in [1.807, 2.05) is 24.3 Å². The lowest BCUT2D eigenvalue weighted by Gasteiger charge is -2.05. The normalized spacial score (nSPS) is 10.8. The average Bonchev–Trinajstić information content (AvgIpc) is 3.24. The van der Waals surface area contributed by atoms with Crippen LogP contribution in [0.3, 0.4) is 0 Å². The first kappa shape index (κ1) is 17.8. The minimum atomic E-state index is -0.641. The van der Waals surface area contributed by atoms with Gasteiger partial charge in [0, 0.05) is 10.9 Å². The van der Waals surface area contributed by atoms with Gasteiger partial charge in [-0.2, -0.15) is 4.68 Å². The van der Waals surface area contributed by atoms with Gasteiger partial charge >= 0.3 is 5.97 Å². The maximum atomic E-state index is 12.4. The molecule has 0 fully saturated rings. The van der Waals surface area contributed by atoms with Gasteiger partial charge in [-0.05, 0) is 36.4 Å². The second-order valence-electron chi connectivity index (χ2n) is 5.74. The van der Waals surface area contributed by atoms with E-state index in [0.29, 0.717) is 15.9 Å². The Bertz CT molecular complexity index is 1200. The number of fused-ring (bicyclic) bond motifs is 1. The second kappa shape index (κ2) is 7.57. The number of esters is 1. The van der Waals surface area contributed by atoms with Crippen molar-refractivity contribution in [1.29, 1.82) is 0 Å². The molecule has 0 saturated carbocycles. The number of benzene rings is 2. The third-order valence-electron chi connectivity index (χ3n) is 4.00. The van der Waals surface area contributed by atoms with Gasteiger partial charge in [-0.3, -0.25) is 4.79 Å². The first-order chi connectivity index (χ1) is 13.7. The number of carbonyl (C=O) groups excluding carboxylic acids is 1. The summed E-state index contributed by atoms with van der Waals surface area (Å²) in [6, 6.07) is 14.2. The van der Waals surface area contributed by atoms with Crippen molar-refractivity contribution in [2.24, 2.45) is 0 Å². The van der Waals surface area contributed by atoms with E-state index in [2.05, 4.69) is 15.3 Å². The van der Waals surface area contributed by atoms with E-state index in [1.54, 1.807) is 36.8 Å².